The van der Waals surface area contributed by atoms with Crippen molar-refractivity contribution in [3.63, 3.8) is 0 Å². The van der Waals surface area contributed by atoms with Crippen LogP contribution in [0.1, 0.15) is 16.7 Å². The zero-order valence-corrected chi connectivity index (χ0v) is 21.2. The lowest BCUT2D eigenvalue weighted by Crippen LogP contribution is -2.38. The van der Waals surface area contributed by atoms with E-state index in [1.807, 2.05) is 25.1 Å². The van der Waals surface area contributed by atoms with Gasteiger partial charge in [-0.25, -0.2) is 13.6 Å². The number of hydrogen-bond donors (Lipinski definition) is 3. The van der Waals surface area contributed by atoms with Crippen LogP contribution in [0, 0.1) is 6.92 Å². The van der Waals surface area contributed by atoms with Crippen LogP contribution >= 0.6 is 24.0 Å². The molecule has 4 N–H and O–H groups in total. The Morgan fingerprint density at radius 1 is 1.10 bits per heavy atom. The van der Waals surface area contributed by atoms with Crippen molar-refractivity contribution in [2.45, 2.75) is 24.8 Å². The molecular weight excluding hydrogens is 531 g/mol. The van der Waals surface area contributed by atoms with Gasteiger partial charge < -0.3 is 20.1 Å². The lowest BCUT2D eigenvalue weighted by Gasteiger charge is -2.15. The molecule has 0 aliphatic heterocycles. The molecule has 0 spiro atoms. The van der Waals surface area contributed by atoms with Gasteiger partial charge in [0.2, 0.25) is 10.0 Å². The summed E-state index contributed by atoms with van der Waals surface area (Å²) in [5, 5.41) is 11.7. The van der Waals surface area contributed by atoms with E-state index in [1.165, 1.54) is 12.1 Å². The Morgan fingerprint density at radius 3 is 2.42 bits per heavy atom. The first-order valence-electron chi connectivity index (χ1n) is 9.61. The lowest BCUT2D eigenvalue weighted by molar-refractivity contribution is 0.145. The third kappa shape index (κ3) is 9.42. The number of sulfonamides is 1. The fourth-order valence-corrected chi connectivity index (χ4v) is 3.26. The van der Waals surface area contributed by atoms with Crippen LogP contribution in [0.3, 0.4) is 0 Å². The van der Waals surface area contributed by atoms with Gasteiger partial charge >= 0.3 is 0 Å². The molecule has 0 atom stereocenters. The minimum absolute atomic E-state index is 0. The molecule has 0 aliphatic rings. The molecule has 0 radical (unpaired) electrons. The number of nitrogens with two attached hydrogens (primary N) is 1. The van der Waals surface area contributed by atoms with Gasteiger partial charge in [-0.05, 0) is 42.7 Å². The number of benzene rings is 2. The van der Waals surface area contributed by atoms with Gasteiger partial charge in [0.25, 0.3) is 0 Å². The van der Waals surface area contributed by atoms with Crippen molar-refractivity contribution in [2.24, 2.45) is 10.1 Å². The second kappa shape index (κ2) is 13.5. The van der Waals surface area contributed by atoms with E-state index >= 15 is 0 Å². The summed E-state index contributed by atoms with van der Waals surface area (Å²) in [5.41, 5.74) is 3.15. The molecule has 10 heteroatoms. The van der Waals surface area contributed by atoms with E-state index in [0.717, 1.165) is 22.4 Å². The molecule has 2 aromatic rings. The molecule has 0 saturated carbocycles. The Kier molecular flexibility index (Phi) is 11.8. The highest BCUT2D eigenvalue weighted by atomic mass is 127. The predicted octanol–water partition coefficient (Wildman–Crippen LogP) is 2.19. The number of nitrogens with one attached hydrogen (secondary N) is 2. The normalized spacial score (nSPS) is 11.5. The molecule has 0 bridgehead atoms. The van der Waals surface area contributed by atoms with Crippen LogP contribution in [-0.4, -0.2) is 48.3 Å². The number of rotatable bonds is 10. The van der Waals surface area contributed by atoms with E-state index in [4.69, 9.17) is 14.6 Å². The first-order valence-corrected chi connectivity index (χ1v) is 11.2. The number of primary sulfonamides is 1. The number of ether oxygens (including phenoxy) is 2. The third-order valence-corrected chi connectivity index (χ3v) is 5.32. The van der Waals surface area contributed by atoms with Crippen LogP contribution in [0.4, 0.5) is 0 Å². The van der Waals surface area contributed by atoms with Crippen molar-refractivity contribution >= 4 is 40.0 Å². The van der Waals surface area contributed by atoms with Crippen molar-refractivity contribution in [3.8, 4) is 5.75 Å². The Bertz CT molecular complexity index is 950. The summed E-state index contributed by atoms with van der Waals surface area (Å²) >= 11 is 0. The number of nitrogens with zero attached hydrogens (tertiary/aromatic N) is 1. The molecule has 0 fully saturated rings. The number of aliphatic imine (C=N–C) groups is 1. The lowest BCUT2D eigenvalue weighted by atomic mass is 10.1. The summed E-state index contributed by atoms with van der Waals surface area (Å²) in [6.45, 7) is 4.24. The van der Waals surface area contributed by atoms with Crippen molar-refractivity contribution in [1.82, 2.24) is 10.6 Å². The van der Waals surface area contributed by atoms with Crippen LogP contribution in [0.2, 0.25) is 0 Å². The minimum atomic E-state index is -3.67. The van der Waals surface area contributed by atoms with E-state index in [0.29, 0.717) is 38.7 Å². The monoisotopic (exact) mass is 562 g/mol. The summed E-state index contributed by atoms with van der Waals surface area (Å²) in [4.78, 5) is 4.35. The highest BCUT2D eigenvalue weighted by Crippen LogP contribution is 2.20. The van der Waals surface area contributed by atoms with E-state index in [9.17, 15) is 8.42 Å². The van der Waals surface area contributed by atoms with Crippen molar-refractivity contribution in [2.75, 3.05) is 33.9 Å². The van der Waals surface area contributed by atoms with Crippen LogP contribution in [0.5, 0.6) is 5.75 Å². The van der Waals surface area contributed by atoms with E-state index < -0.39 is 10.0 Å². The number of methoxy groups -OCH3 is 1. The van der Waals surface area contributed by atoms with Crippen LogP contribution < -0.4 is 20.5 Å². The summed E-state index contributed by atoms with van der Waals surface area (Å²) in [5.74, 6) is 1.49. The zero-order valence-electron chi connectivity index (χ0n) is 18.1. The maximum Gasteiger partial charge on any atom is 0.238 e. The summed E-state index contributed by atoms with van der Waals surface area (Å²) in [6.07, 6.45) is 0.710. The number of halogens is 1. The Hall–Kier alpha value is -1.89. The van der Waals surface area contributed by atoms with Crippen LogP contribution in [0.25, 0.3) is 0 Å². The molecule has 0 heterocycles. The number of guanidine groups is 1. The Morgan fingerprint density at radius 2 is 1.81 bits per heavy atom. The molecule has 0 saturated heterocycles. The number of hydrogen-bond acceptors (Lipinski definition) is 5. The fourth-order valence-electron chi connectivity index (χ4n) is 2.75. The van der Waals surface area contributed by atoms with E-state index in [2.05, 4.69) is 15.6 Å². The summed E-state index contributed by atoms with van der Waals surface area (Å²) in [7, 11) is -0.312. The first-order chi connectivity index (χ1) is 14.3. The molecule has 172 valence electrons. The average Bonchev–Trinajstić information content (AvgIpc) is 2.71. The van der Waals surface area contributed by atoms with E-state index in [-0.39, 0.29) is 28.9 Å². The van der Waals surface area contributed by atoms with Crippen molar-refractivity contribution in [1.29, 1.82) is 0 Å². The van der Waals surface area contributed by atoms with Crippen LogP contribution in [-0.2, 0) is 27.7 Å². The average molecular weight is 562 g/mol. The second-order valence-electron chi connectivity index (χ2n) is 6.74. The highest BCUT2D eigenvalue weighted by molar-refractivity contribution is 14.0. The molecule has 2 rings (SSSR count). The van der Waals surface area contributed by atoms with Gasteiger partial charge in [-0.2, -0.15) is 0 Å². The van der Waals surface area contributed by atoms with Gasteiger partial charge in [0.15, 0.2) is 5.96 Å². The largest absolute Gasteiger partial charge is 0.491 e. The standard InChI is InChI=1S/C21H30N4O4S.HI/c1-16-4-7-18(20(14-16)29-13-12-28-3)15-25-21(23-2)24-11-10-17-5-8-19(9-6-17)30(22,26)27;/h4-9,14H,10-13,15H2,1-3H3,(H2,22,26,27)(H2,23,24,25);1H. The SMILES string of the molecule is CN=C(NCCc1ccc(S(N)(=O)=O)cc1)NCc1ccc(C)cc1OCCOC.I. The van der Waals surface area contributed by atoms with Gasteiger partial charge in [-0.1, -0.05) is 24.3 Å². The molecule has 8 nitrogen and oxygen atoms in total. The highest BCUT2D eigenvalue weighted by Gasteiger charge is 2.08. The topological polar surface area (TPSA) is 115 Å². The molecule has 0 unspecified atom stereocenters. The first kappa shape index (κ1) is 27.1. The number of aryl methyl sites for hydroxylation is 1. The van der Waals surface area contributed by atoms with Gasteiger partial charge in [0.1, 0.15) is 12.4 Å². The molecule has 0 aliphatic carbocycles. The zero-order chi connectivity index (χ0) is 22.0. The fraction of sp³-hybridized carbons (Fsp3) is 0.381. The Balaban J connectivity index is 0.00000480. The summed E-state index contributed by atoms with van der Waals surface area (Å²) in [6, 6.07) is 12.6. The molecular formula is C21H31IN4O4S. The van der Waals surface area contributed by atoms with Crippen LogP contribution in [0.15, 0.2) is 52.4 Å². The molecule has 31 heavy (non-hydrogen) atoms. The van der Waals surface area contributed by atoms with Gasteiger partial charge in [0, 0.05) is 32.8 Å². The van der Waals surface area contributed by atoms with Gasteiger partial charge in [-0.15, -0.1) is 24.0 Å². The smallest absolute Gasteiger partial charge is 0.238 e. The quantitative estimate of drug-likeness (QED) is 0.177. The predicted molar refractivity (Wildman–Crippen MR) is 134 cm³/mol. The van der Waals surface area contributed by atoms with E-state index in [1.54, 1.807) is 26.3 Å². The Labute approximate surface area is 201 Å². The molecule has 2 aromatic carbocycles. The third-order valence-electron chi connectivity index (χ3n) is 4.40. The molecule has 0 aromatic heterocycles. The minimum Gasteiger partial charge on any atom is -0.491 e. The van der Waals surface area contributed by atoms with Crippen molar-refractivity contribution < 1.29 is 17.9 Å². The van der Waals surface area contributed by atoms with Gasteiger partial charge in [0.05, 0.1) is 11.5 Å². The van der Waals surface area contributed by atoms with Crippen molar-refractivity contribution in [3.05, 3.63) is 59.2 Å². The molecule has 0 amide bonds. The second-order valence-corrected chi connectivity index (χ2v) is 8.31. The summed E-state index contributed by atoms with van der Waals surface area (Å²) < 4.78 is 33.5. The maximum absolute atomic E-state index is 11.3. The van der Waals surface area contributed by atoms with Gasteiger partial charge in [-0.3, -0.25) is 4.99 Å². The maximum atomic E-state index is 11.3.